The highest BCUT2D eigenvalue weighted by Crippen LogP contribution is 2.37. The van der Waals surface area contributed by atoms with E-state index in [2.05, 4.69) is 0 Å². The van der Waals surface area contributed by atoms with E-state index in [1.807, 2.05) is 23.5 Å². The average Bonchev–Trinajstić information content (AvgIpc) is 3.16. The Balaban J connectivity index is 1.54. The lowest BCUT2D eigenvalue weighted by Crippen LogP contribution is -1.96. The fraction of sp³-hybridized carbons (Fsp3) is 0.727. The highest BCUT2D eigenvalue weighted by Gasteiger charge is 2.24. The molecule has 0 atom stereocenters. The minimum Gasteiger partial charge on any atom is -0.294 e. The zero-order valence-electron chi connectivity index (χ0n) is 15.9. The van der Waals surface area contributed by atoms with E-state index >= 15 is 0 Å². The minimum atomic E-state index is 0.397. The fourth-order valence-corrected chi connectivity index (χ4v) is 6.60. The lowest BCUT2D eigenvalue weighted by Gasteiger charge is -2.09. The van der Waals surface area contributed by atoms with Crippen molar-refractivity contribution in [2.24, 2.45) is 0 Å². The van der Waals surface area contributed by atoms with Gasteiger partial charge < -0.3 is 0 Å². The van der Waals surface area contributed by atoms with Crippen molar-refractivity contribution in [1.82, 2.24) is 0 Å². The second-order valence-corrected chi connectivity index (χ2v) is 9.95. The standard InChI is InChI=1S/C22H32O2S2/c23-19-13-11-17-9-5-2-1-3-6-10-18-12-14-20(24)22(18)26-16-8-4-7-15-25-21(17)19/h1-16H2. The summed E-state index contributed by atoms with van der Waals surface area (Å²) in [4.78, 5) is 26.5. The summed E-state index contributed by atoms with van der Waals surface area (Å²) >= 11 is 3.64. The van der Waals surface area contributed by atoms with E-state index < -0.39 is 0 Å². The molecule has 0 unspecified atom stereocenters. The number of hydrogen-bond donors (Lipinski definition) is 0. The molecule has 0 aromatic heterocycles. The summed E-state index contributed by atoms with van der Waals surface area (Å²) in [5.74, 6) is 2.94. The zero-order chi connectivity index (χ0) is 18.2. The van der Waals surface area contributed by atoms with Crippen LogP contribution in [0.3, 0.4) is 0 Å². The summed E-state index contributed by atoms with van der Waals surface area (Å²) in [6, 6.07) is 0. The van der Waals surface area contributed by atoms with Crippen molar-refractivity contribution in [1.29, 1.82) is 0 Å². The molecule has 2 nitrogen and oxygen atoms in total. The highest BCUT2D eigenvalue weighted by molar-refractivity contribution is 8.04. The van der Waals surface area contributed by atoms with E-state index in [9.17, 15) is 9.59 Å². The van der Waals surface area contributed by atoms with Gasteiger partial charge in [0.25, 0.3) is 0 Å². The molecular formula is C22H32O2S2. The topological polar surface area (TPSA) is 34.1 Å². The van der Waals surface area contributed by atoms with Gasteiger partial charge in [0, 0.05) is 22.7 Å². The predicted octanol–water partition coefficient (Wildman–Crippen LogP) is 6.60. The lowest BCUT2D eigenvalue weighted by molar-refractivity contribution is -0.115. The molecule has 26 heavy (non-hydrogen) atoms. The van der Waals surface area contributed by atoms with E-state index in [1.165, 1.54) is 62.5 Å². The summed E-state index contributed by atoms with van der Waals surface area (Å²) < 4.78 is 0. The van der Waals surface area contributed by atoms with Crippen LogP contribution in [-0.4, -0.2) is 23.1 Å². The molecule has 3 aliphatic rings. The normalized spacial score (nSPS) is 25.1. The third-order valence-electron chi connectivity index (χ3n) is 5.69. The van der Waals surface area contributed by atoms with Crippen LogP contribution in [0.25, 0.3) is 0 Å². The van der Waals surface area contributed by atoms with Crippen LogP contribution in [0.5, 0.6) is 0 Å². The third-order valence-corrected chi connectivity index (χ3v) is 8.29. The largest absolute Gasteiger partial charge is 0.294 e. The molecule has 0 saturated carbocycles. The molecule has 4 heteroatoms. The van der Waals surface area contributed by atoms with Gasteiger partial charge in [-0.15, -0.1) is 23.5 Å². The van der Waals surface area contributed by atoms with Crippen LogP contribution in [0.15, 0.2) is 21.0 Å². The van der Waals surface area contributed by atoms with Gasteiger partial charge in [-0.1, -0.05) is 36.8 Å². The Hall–Kier alpha value is -0.480. The van der Waals surface area contributed by atoms with Crippen molar-refractivity contribution in [2.75, 3.05) is 11.5 Å². The number of ketones is 2. The molecule has 0 saturated heterocycles. The Kier molecular flexibility index (Phi) is 8.38. The molecule has 144 valence electrons. The average molecular weight is 393 g/mol. The maximum atomic E-state index is 12.2. The van der Waals surface area contributed by atoms with E-state index in [4.69, 9.17) is 0 Å². The second-order valence-electron chi connectivity index (χ2n) is 7.74. The number of Topliss-reactive ketones (excluding diaryl/α,β-unsaturated/α-hetero) is 2. The van der Waals surface area contributed by atoms with Crippen molar-refractivity contribution in [3.05, 3.63) is 21.0 Å². The van der Waals surface area contributed by atoms with Gasteiger partial charge >= 0.3 is 0 Å². The molecule has 0 amide bonds. The number of carbonyl (C=O) groups is 2. The first kappa shape index (κ1) is 20.3. The first-order valence-corrected chi connectivity index (χ1v) is 12.5. The number of hydrogen-bond acceptors (Lipinski definition) is 4. The monoisotopic (exact) mass is 392 g/mol. The summed E-state index contributed by atoms with van der Waals surface area (Å²) in [5.41, 5.74) is 2.91. The summed E-state index contributed by atoms with van der Waals surface area (Å²) in [6.45, 7) is 0. The fourth-order valence-electron chi connectivity index (χ4n) is 4.16. The molecule has 0 aromatic carbocycles. The van der Waals surface area contributed by atoms with Crippen molar-refractivity contribution in [2.45, 2.75) is 89.9 Å². The zero-order valence-corrected chi connectivity index (χ0v) is 17.6. The van der Waals surface area contributed by atoms with Gasteiger partial charge in [-0.2, -0.15) is 0 Å². The molecular weight excluding hydrogens is 360 g/mol. The molecule has 3 rings (SSSR count). The van der Waals surface area contributed by atoms with Crippen LogP contribution >= 0.6 is 23.5 Å². The summed E-state index contributed by atoms with van der Waals surface area (Å²) in [7, 11) is 0. The number of allylic oxidation sites excluding steroid dienone is 4. The molecule has 1 heterocycles. The van der Waals surface area contributed by atoms with E-state index in [0.29, 0.717) is 11.6 Å². The first-order valence-electron chi connectivity index (χ1n) is 10.5. The number of rotatable bonds is 0. The van der Waals surface area contributed by atoms with Gasteiger partial charge in [-0.05, 0) is 62.9 Å². The van der Waals surface area contributed by atoms with Crippen LogP contribution in [-0.2, 0) is 9.59 Å². The summed E-state index contributed by atoms with van der Waals surface area (Å²) in [6.07, 6.45) is 15.6. The van der Waals surface area contributed by atoms with Crippen molar-refractivity contribution in [3.63, 3.8) is 0 Å². The minimum absolute atomic E-state index is 0.397. The van der Waals surface area contributed by atoms with Crippen LogP contribution in [0.1, 0.15) is 89.9 Å². The molecule has 0 aromatic rings. The maximum Gasteiger partial charge on any atom is 0.169 e. The third kappa shape index (κ3) is 5.76. The molecule has 0 radical (unpaired) electrons. The Labute approximate surface area is 167 Å². The van der Waals surface area contributed by atoms with Crippen LogP contribution in [0.2, 0.25) is 0 Å². The van der Waals surface area contributed by atoms with Crippen molar-refractivity contribution in [3.8, 4) is 0 Å². The van der Waals surface area contributed by atoms with Crippen molar-refractivity contribution >= 4 is 35.1 Å². The predicted molar refractivity (Wildman–Crippen MR) is 114 cm³/mol. The molecule has 0 bridgehead atoms. The van der Waals surface area contributed by atoms with E-state index in [0.717, 1.165) is 59.8 Å². The Morgan fingerprint density at radius 1 is 0.462 bits per heavy atom. The van der Waals surface area contributed by atoms with Gasteiger partial charge in [-0.25, -0.2) is 0 Å². The number of thioether (sulfide) groups is 2. The van der Waals surface area contributed by atoms with Crippen LogP contribution in [0, 0.1) is 0 Å². The molecule has 0 spiro atoms. The maximum absolute atomic E-state index is 12.2. The molecule has 1 aliphatic heterocycles. The van der Waals surface area contributed by atoms with E-state index in [-0.39, 0.29) is 0 Å². The molecule has 0 N–H and O–H groups in total. The van der Waals surface area contributed by atoms with Gasteiger partial charge in [0.2, 0.25) is 0 Å². The number of carbonyl (C=O) groups excluding carboxylic acids is 2. The SMILES string of the molecule is O=C1CCC2=C1SCCCCCSC1=C(CCCCCCC2)CCC1=O. The second kappa shape index (κ2) is 10.8. The van der Waals surface area contributed by atoms with Crippen LogP contribution in [0.4, 0.5) is 0 Å². The van der Waals surface area contributed by atoms with E-state index in [1.54, 1.807) is 0 Å². The van der Waals surface area contributed by atoms with Gasteiger partial charge in [-0.3, -0.25) is 9.59 Å². The Morgan fingerprint density at radius 3 is 1.38 bits per heavy atom. The molecule has 0 fully saturated rings. The van der Waals surface area contributed by atoms with Gasteiger partial charge in [0.1, 0.15) is 0 Å². The quantitative estimate of drug-likeness (QED) is 0.465. The van der Waals surface area contributed by atoms with Crippen LogP contribution < -0.4 is 0 Å². The Bertz CT molecular complexity index is 539. The van der Waals surface area contributed by atoms with Crippen molar-refractivity contribution < 1.29 is 9.59 Å². The van der Waals surface area contributed by atoms with Gasteiger partial charge in [0.15, 0.2) is 11.6 Å². The highest BCUT2D eigenvalue weighted by atomic mass is 32.2. The molecule has 2 aliphatic carbocycles. The Morgan fingerprint density at radius 2 is 0.885 bits per heavy atom. The first-order chi connectivity index (χ1) is 12.8. The summed E-state index contributed by atoms with van der Waals surface area (Å²) in [5, 5.41) is 0. The lowest BCUT2D eigenvalue weighted by atomic mass is 10.0. The smallest absolute Gasteiger partial charge is 0.169 e. The van der Waals surface area contributed by atoms with Gasteiger partial charge in [0.05, 0.1) is 0 Å².